The van der Waals surface area contributed by atoms with Gasteiger partial charge in [0, 0.05) is 31.1 Å². The van der Waals surface area contributed by atoms with Crippen molar-refractivity contribution < 1.29 is 14.9 Å². The number of aliphatic hydroxyl groups is 2. The van der Waals surface area contributed by atoms with Gasteiger partial charge < -0.3 is 14.9 Å². The van der Waals surface area contributed by atoms with Gasteiger partial charge in [-0.25, -0.2) is 0 Å². The van der Waals surface area contributed by atoms with E-state index in [1.54, 1.807) is 0 Å². The predicted octanol–water partition coefficient (Wildman–Crippen LogP) is 0.200. The average Bonchev–Trinajstić information content (AvgIpc) is 2.85. The molecule has 1 unspecified atom stereocenters. The molecule has 0 radical (unpaired) electrons. The van der Waals surface area contributed by atoms with Crippen LogP contribution in [0.1, 0.15) is 11.5 Å². The van der Waals surface area contributed by atoms with Crippen molar-refractivity contribution in [3.63, 3.8) is 0 Å². The highest BCUT2D eigenvalue weighted by molar-refractivity contribution is 5.39. The maximum Gasteiger partial charge on any atom is 0.122 e. The van der Waals surface area contributed by atoms with Crippen LogP contribution in [-0.2, 0) is 0 Å². The third-order valence-electron chi connectivity index (χ3n) is 3.61. The van der Waals surface area contributed by atoms with Gasteiger partial charge in [0.2, 0.25) is 0 Å². The van der Waals surface area contributed by atoms with Gasteiger partial charge in [0.1, 0.15) is 5.75 Å². The van der Waals surface area contributed by atoms with Gasteiger partial charge in [-0.3, -0.25) is 4.90 Å². The number of ether oxygens (including phenoxy) is 1. The third kappa shape index (κ3) is 2.04. The van der Waals surface area contributed by atoms with Crippen LogP contribution in [0.25, 0.3) is 0 Å². The predicted molar refractivity (Wildman–Crippen MR) is 63.1 cm³/mol. The van der Waals surface area contributed by atoms with Crippen LogP contribution in [0.3, 0.4) is 0 Å². The molecule has 4 nitrogen and oxygen atoms in total. The monoisotopic (exact) mass is 235 g/mol. The Balaban J connectivity index is 1.68. The van der Waals surface area contributed by atoms with Gasteiger partial charge in [-0.1, -0.05) is 18.2 Å². The first-order valence-electron chi connectivity index (χ1n) is 6.04. The maximum absolute atomic E-state index is 9.51. The Kier molecular flexibility index (Phi) is 2.78. The molecule has 0 bridgehead atoms. The van der Waals surface area contributed by atoms with E-state index in [9.17, 15) is 10.2 Å². The smallest absolute Gasteiger partial charge is 0.122 e. The molecule has 3 rings (SSSR count). The number of likely N-dealkylation sites (tertiary alicyclic amines) is 1. The standard InChI is InChI=1S/C13H17NO3/c15-11-6-14(7-12(11)16)5-9-8-17-13-4-2-1-3-10(9)13/h1-4,9,11-12,15-16H,5-8H2/t9?,11-,12+. The lowest BCUT2D eigenvalue weighted by Gasteiger charge is -2.18. The van der Waals surface area contributed by atoms with Crippen molar-refractivity contribution in [2.45, 2.75) is 18.1 Å². The molecule has 4 heteroatoms. The summed E-state index contributed by atoms with van der Waals surface area (Å²) in [5, 5.41) is 19.0. The van der Waals surface area contributed by atoms with Gasteiger partial charge in [0.15, 0.2) is 0 Å². The highest BCUT2D eigenvalue weighted by Gasteiger charge is 2.33. The minimum absolute atomic E-state index is 0.351. The van der Waals surface area contributed by atoms with Gasteiger partial charge >= 0.3 is 0 Å². The number of rotatable bonds is 2. The third-order valence-corrected chi connectivity index (χ3v) is 3.61. The zero-order valence-corrected chi connectivity index (χ0v) is 9.62. The molecule has 0 aliphatic carbocycles. The average molecular weight is 235 g/mol. The molecule has 2 aliphatic rings. The van der Waals surface area contributed by atoms with Gasteiger partial charge in [0.05, 0.1) is 18.8 Å². The van der Waals surface area contributed by atoms with Gasteiger partial charge in [-0.2, -0.15) is 0 Å². The molecule has 0 saturated carbocycles. The first-order valence-corrected chi connectivity index (χ1v) is 6.04. The number of benzene rings is 1. The molecular weight excluding hydrogens is 218 g/mol. The summed E-state index contributed by atoms with van der Waals surface area (Å²) in [5.74, 6) is 1.32. The quantitative estimate of drug-likeness (QED) is 0.769. The van der Waals surface area contributed by atoms with Crippen LogP contribution in [0.4, 0.5) is 0 Å². The fourth-order valence-electron chi connectivity index (χ4n) is 2.69. The highest BCUT2D eigenvalue weighted by Crippen LogP contribution is 2.34. The summed E-state index contributed by atoms with van der Waals surface area (Å²) in [4.78, 5) is 2.10. The number of β-amino-alcohol motifs (C(OH)–C–C–N with tert-alkyl or cyclic N) is 2. The number of para-hydroxylation sites is 1. The van der Waals surface area contributed by atoms with Crippen LogP contribution in [0, 0.1) is 0 Å². The fraction of sp³-hybridized carbons (Fsp3) is 0.538. The second-order valence-electron chi connectivity index (χ2n) is 4.90. The molecule has 17 heavy (non-hydrogen) atoms. The molecule has 0 aromatic heterocycles. The van der Waals surface area contributed by atoms with Crippen molar-refractivity contribution in [1.82, 2.24) is 4.90 Å². The first kappa shape index (κ1) is 11.0. The first-order chi connectivity index (χ1) is 8.24. The number of aliphatic hydroxyl groups excluding tert-OH is 2. The minimum atomic E-state index is -0.604. The zero-order chi connectivity index (χ0) is 11.8. The summed E-state index contributed by atoms with van der Waals surface area (Å²) in [5.41, 5.74) is 1.24. The van der Waals surface area contributed by atoms with Crippen LogP contribution in [0.5, 0.6) is 5.75 Å². The van der Waals surface area contributed by atoms with Gasteiger partial charge in [0.25, 0.3) is 0 Å². The lowest BCUT2D eigenvalue weighted by atomic mass is 10.0. The summed E-state index contributed by atoms with van der Waals surface area (Å²) >= 11 is 0. The highest BCUT2D eigenvalue weighted by atomic mass is 16.5. The second-order valence-corrected chi connectivity index (χ2v) is 4.90. The van der Waals surface area contributed by atoms with Gasteiger partial charge in [-0.15, -0.1) is 0 Å². The van der Waals surface area contributed by atoms with E-state index in [0.29, 0.717) is 25.6 Å². The SMILES string of the molecule is O[C@@H]1CN(CC2COc3ccccc32)C[C@@H]1O. The van der Waals surface area contributed by atoms with Crippen molar-refractivity contribution in [2.75, 3.05) is 26.2 Å². The number of nitrogens with zero attached hydrogens (tertiary/aromatic N) is 1. The number of hydrogen-bond donors (Lipinski definition) is 2. The Morgan fingerprint density at radius 1 is 1.18 bits per heavy atom. The molecule has 0 spiro atoms. The molecule has 1 fully saturated rings. The van der Waals surface area contributed by atoms with Crippen molar-refractivity contribution in [2.24, 2.45) is 0 Å². The van der Waals surface area contributed by atoms with Crippen molar-refractivity contribution in [3.8, 4) is 5.75 Å². The molecule has 1 saturated heterocycles. The molecule has 2 heterocycles. The Bertz CT molecular complexity index is 399. The molecule has 2 aliphatic heterocycles. The summed E-state index contributed by atoms with van der Waals surface area (Å²) in [6, 6.07) is 8.08. The Morgan fingerprint density at radius 3 is 2.65 bits per heavy atom. The van der Waals surface area contributed by atoms with E-state index in [1.165, 1.54) is 5.56 Å². The molecule has 0 amide bonds. The van der Waals surface area contributed by atoms with E-state index < -0.39 is 12.2 Å². The topological polar surface area (TPSA) is 52.9 Å². The summed E-state index contributed by atoms with van der Waals surface area (Å²) in [7, 11) is 0. The van der Waals surface area contributed by atoms with Crippen molar-refractivity contribution in [1.29, 1.82) is 0 Å². The lowest BCUT2D eigenvalue weighted by Crippen LogP contribution is -2.28. The van der Waals surface area contributed by atoms with E-state index in [2.05, 4.69) is 11.0 Å². The molecule has 1 aromatic carbocycles. The summed E-state index contributed by atoms with van der Waals surface area (Å²) in [6.07, 6.45) is -1.21. The number of hydrogen-bond acceptors (Lipinski definition) is 4. The van der Waals surface area contributed by atoms with Crippen LogP contribution in [0.15, 0.2) is 24.3 Å². The number of fused-ring (bicyclic) bond motifs is 1. The molecule has 3 atom stereocenters. The summed E-state index contributed by atoms with van der Waals surface area (Å²) < 4.78 is 5.62. The minimum Gasteiger partial charge on any atom is -0.493 e. The van der Waals surface area contributed by atoms with Crippen molar-refractivity contribution >= 4 is 0 Å². The molecule has 2 N–H and O–H groups in total. The molecule has 92 valence electrons. The van der Waals surface area contributed by atoms with E-state index in [0.717, 1.165) is 12.3 Å². The van der Waals surface area contributed by atoms with E-state index in [-0.39, 0.29) is 0 Å². The normalized spacial score (nSPS) is 32.5. The second kappa shape index (κ2) is 4.29. The summed E-state index contributed by atoms with van der Waals surface area (Å²) in [6.45, 7) is 2.65. The van der Waals surface area contributed by atoms with E-state index >= 15 is 0 Å². The van der Waals surface area contributed by atoms with E-state index in [1.807, 2.05) is 18.2 Å². The fourth-order valence-corrected chi connectivity index (χ4v) is 2.69. The molecule has 1 aromatic rings. The maximum atomic E-state index is 9.51. The molecular formula is C13H17NO3. The van der Waals surface area contributed by atoms with Gasteiger partial charge in [-0.05, 0) is 6.07 Å². The van der Waals surface area contributed by atoms with Crippen LogP contribution >= 0.6 is 0 Å². The zero-order valence-electron chi connectivity index (χ0n) is 9.62. The Morgan fingerprint density at radius 2 is 1.88 bits per heavy atom. The Hall–Kier alpha value is -1.10. The van der Waals surface area contributed by atoms with E-state index in [4.69, 9.17) is 4.74 Å². The largest absolute Gasteiger partial charge is 0.493 e. The lowest BCUT2D eigenvalue weighted by molar-refractivity contribution is 0.0572. The van der Waals surface area contributed by atoms with Crippen LogP contribution < -0.4 is 4.74 Å². The van der Waals surface area contributed by atoms with Crippen molar-refractivity contribution in [3.05, 3.63) is 29.8 Å². The Labute approximate surface area is 100 Å². The van der Waals surface area contributed by atoms with Crippen LogP contribution in [0.2, 0.25) is 0 Å². The van der Waals surface area contributed by atoms with Crippen LogP contribution in [-0.4, -0.2) is 53.6 Å².